The summed E-state index contributed by atoms with van der Waals surface area (Å²) in [6.07, 6.45) is 20.0. The fourth-order valence-corrected chi connectivity index (χ4v) is 2.80. The summed E-state index contributed by atoms with van der Waals surface area (Å²) in [5.74, 6) is 0. The summed E-state index contributed by atoms with van der Waals surface area (Å²) in [5, 5.41) is 0. The number of unbranched alkanes of at least 4 members (excludes halogenated alkanes) is 15. The second-order valence-electron chi connectivity index (χ2n) is 6.31. The topological polar surface area (TPSA) is 26.3 Å². The second-order valence-corrected chi connectivity index (χ2v) is 6.31. The molecule has 0 saturated carbocycles. The molecule has 0 heterocycles. The SMILES string of the molecule is O=COCCCCCCCCCCCCCCCCCCF. The summed E-state index contributed by atoms with van der Waals surface area (Å²) >= 11 is 0. The van der Waals surface area contributed by atoms with Crippen molar-refractivity contribution in [3.8, 4) is 0 Å². The number of ether oxygens (including phenoxy) is 1. The van der Waals surface area contributed by atoms with Gasteiger partial charge in [0.05, 0.1) is 13.3 Å². The van der Waals surface area contributed by atoms with Crippen molar-refractivity contribution in [1.29, 1.82) is 0 Å². The molecule has 0 unspecified atom stereocenters. The van der Waals surface area contributed by atoms with Gasteiger partial charge in [-0.1, -0.05) is 89.9 Å². The summed E-state index contributed by atoms with van der Waals surface area (Å²) in [4.78, 5) is 9.94. The molecular weight excluding hydrogens is 279 g/mol. The third-order valence-electron chi connectivity index (χ3n) is 4.21. The Morgan fingerprint density at radius 3 is 1.18 bits per heavy atom. The van der Waals surface area contributed by atoms with Crippen LogP contribution in [-0.2, 0) is 9.53 Å². The highest BCUT2D eigenvalue weighted by Crippen LogP contribution is 2.13. The molecule has 2 nitrogen and oxygen atoms in total. The molecule has 0 aliphatic heterocycles. The Kier molecular flexibility index (Phi) is 19.8. The van der Waals surface area contributed by atoms with E-state index in [1.165, 1.54) is 83.5 Å². The van der Waals surface area contributed by atoms with E-state index in [2.05, 4.69) is 4.74 Å². The van der Waals surface area contributed by atoms with Crippen molar-refractivity contribution >= 4 is 6.47 Å². The predicted octanol–water partition coefficient (Wildman–Crippen LogP) is 6.37. The number of hydrogen-bond donors (Lipinski definition) is 0. The molecule has 0 amide bonds. The Hall–Kier alpha value is -0.600. The lowest BCUT2D eigenvalue weighted by Crippen LogP contribution is -1.91. The second kappa shape index (κ2) is 20.4. The molecule has 0 aliphatic rings. The average Bonchev–Trinajstić information content (AvgIpc) is 2.54. The fourth-order valence-electron chi connectivity index (χ4n) is 2.80. The molecule has 0 rings (SSSR count). The predicted molar refractivity (Wildman–Crippen MR) is 91.9 cm³/mol. The zero-order chi connectivity index (χ0) is 16.1. The van der Waals surface area contributed by atoms with E-state index in [4.69, 9.17) is 0 Å². The number of hydrogen-bond acceptors (Lipinski definition) is 2. The van der Waals surface area contributed by atoms with Crippen molar-refractivity contribution in [1.82, 2.24) is 0 Å². The van der Waals surface area contributed by atoms with Gasteiger partial charge in [0.25, 0.3) is 6.47 Å². The van der Waals surface area contributed by atoms with Gasteiger partial charge in [-0.25, -0.2) is 0 Å². The third kappa shape index (κ3) is 19.4. The molecule has 0 radical (unpaired) electrons. The van der Waals surface area contributed by atoms with Crippen LogP contribution in [0.5, 0.6) is 0 Å². The Labute approximate surface area is 137 Å². The van der Waals surface area contributed by atoms with Crippen LogP contribution in [-0.4, -0.2) is 19.8 Å². The number of alkyl halides is 1. The van der Waals surface area contributed by atoms with E-state index in [1.807, 2.05) is 0 Å². The molecule has 3 heteroatoms. The van der Waals surface area contributed by atoms with Crippen LogP contribution in [0.25, 0.3) is 0 Å². The Morgan fingerprint density at radius 2 is 0.864 bits per heavy atom. The molecule has 132 valence electrons. The maximum absolute atomic E-state index is 11.9. The van der Waals surface area contributed by atoms with E-state index in [1.54, 1.807) is 0 Å². The van der Waals surface area contributed by atoms with Crippen LogP contribution in [0.4, 0.5) is 4.39 Å². The van der Waals surface area contributed by atoms with Gasteiger partial charge in [0.2, 0.25) is 0 Å². The van der Waals surface area contributed by atoms with Crippen molar-refractivity contribution in [3.63, 3.8) is 0 Å². The summed E-state index contributed by atoms with van der Waals surface area (Å²) in [5.41, 5.74) is 0. The van der Waals surface area contributed by atoms with Crippen LogP contribution in [0.2, 0.25) is 0 Å². The maximum atomic E-state index is 11.9. The van der Waals surface area contributed by atoms with Gasteiger partial charge < -0.3 is 4.74 Å². The minimum absolute atomic E-state index is 0.144. The lowest BCUT2D eigenvalue weighted by Gasteiger charge is -2.03. The van der Waals surface area contributed by atoms with Gasteiger partial charge in [0.15, 0.2) is 0 Å². The normalized spacial score (nSPS) is 10.8. The molecule has 0 aromatic heterocycles. The first-order chi connectivity index (χ1) is 10.9. The van der Waals surface area contributed by atoms with Crippen LogP contribution >= 0.6 is 0 Å². The molecule has 0 N–H and O–H groups in total. The highest BCUT2D eigenvalue weighted by atomic mass is 19.1. The molecule has 0 bridgehead atoms. The van der Waals surface area contributed by atoms with Crippen LogP contribution in [0.15, 0.2) is 0 Å². The van der Waals surface area contributed by atoms with E-state index >= 15 is 0 Å². The van der Waals surface area contributed by atoms with Gasteiger partial charge in [-0.2, -0.15) is 0 Å². The Bertz CT molecular complexity index is 210. The van der Waals surface area contributed by atoms with Crippen molar-refractivity contribution in [2.75, 3.05) is 13.3 Å². The van der Waals surface area contributed by atoms with E-state index in [0.29, 0.717) is 13.1 Å². The molecular formula is C19H37FO2. The lowest BCUT2D eigenvalue weighted by atomic mass is 10.0. The molecule has 0 fully saturated rings. The molecule has 0 aliphatic carbocycles. The summed E-state index contributed by atoms with van der Waals surface area (Å²) in [7, 11) is 0. The van der Waals surface area contributed by atoms with E-state index < -0.39 is 0 Å². The van der Waals surface area contributed by atoms with Crippen LogP contribution < -0.4 is 0 Å². The van der Waals surface area contributed by atoms with Gasteiger partial charge in [-0.15, -0.1) is 0 Å². The number of rotatable bonds is 19. The molecule has 0 aromatic carbocycles. The van der Waals surface area contributed by atoms with Gasteiger partial charge >= 0.3 is 0 Å². The van der Waals surface area contributed by atoms with Gasteiger partial charge in [0, 0.05) is 0 Å². The summed E-state index contributed by atoms with van der Waals surface area (Å²) in [6, 6.07) is 0. The minimum Gasteiger partial charge on any atom is -0.468 e. The van der Waals surface area contributed by atoms with E-state index in [0.717, 1.165) is 19.3 Å². The number of carbonyl (C=O) groups is 1. The fraction of sp³-hybridized carbons (Fsp3) is 0.947. The quantitative estimate of drug-likeness (QED) is 0.204. The van der Waals surface area contributed by atoms with Crippen molar-refractivity contribution in [2.45, 2.75) is 103 Å². The molecule has 0 saturated heterocycles. The van der Waals surface area contributed by atoms with Crippen molar-refractivity contribution < 1.29 is 13.9 Å². The zero-order valence-corrected chi connectivity index (χ0v) is 14.5. The molecule has 0 atom stereocenters. The lowest BCUT2D eigenvalue weighted by molar-refractivity contribution is -0.128. The Balaban J connectivity index is 2.92. The van der Waals surface area contributed by atoms with Crippen LogP contribution in [0.3, 0.4) is 0 Å². The molecule has 22 heavy (non-hydrogen) atoms. The Morgan fingerprint density at radius 1 is 0.545 bits per heavy atom. The standard InChI is InChI=1S/C19H37FO2/c20-17-15-13-11-9-7-5-3-1-2-4-6-8-10-12-14-16-18-22-19-21/h19H,1-18H2. The summed E-state index contributed by atoms with van der Waals surface area (Å²) < 4.78 is 16.5. The molecule has 0 spiro atoms. The van der Waals surface area contributed by atoms with Crippen molar-refractivity contribution in [3.05, 3.63) is 0 Å². The first-order valence-electron chi connectivity index (χ1n) is 9.53. The monoisotopic (exact) mass is 316 g/mol. The van der Waals surface area contributed by atoms with E-state index in [-0.39, 0.29) is 6.67 Å². The van der Waals surface area contributed by atoms with Gasteiger partial charge in [-0.3, -0.25) is 9.18 Å². The number of carbonyl (C=O) groups excluding carboxylic acids is 1. The first-order valence-corrected chi connectivity index (χ1v) is 9.53. The summed E-state index contributed by atoms with van der Waals surface area (Å²) in [6.45, 7) is 0.973. The first kappa shape index (κ1) is 21.4. The average molecular weight is 317 g/mol. The number of halogens is 1. The van der Waals surface area contributed by atoms with Crippen LogP contribution in [0.1, 0.15) is 103 Å². The van der Waals surface area contributed by atoms with Gasteiger partial charge in [0.1, 0.15) is 0 Å². The zero-order valence-electron chi connectivity index (χ0n) is 14.5. The highest BCUT2D eigenvalue weighted by molar-refractivity contribution is 5.36. The maximum Gasteiger partial charge on any atom is 0.293 e. The minimum atomic E-state index is -0.144. The van der Waals surface area contributed by atoms with E-state index in [9.17, 15) is 9.18 Å². The highest BCUT2D eigenvalue weighted by Gasteiger charge is 1.95. The largest absolute Gasteiger partial charge is 0.468 e. The van der Waals surface area contributed by atoms with Crippen LogP contribution in [0, 0.1) is 0 Å². The van der Waals surface area contributed by atoms with Gasteiger partial charge in [-0.05, 0) is 12.8 Å². The van der Waals surface area contributed by atoms with Crippen molar-refractivity contribution in [2.24, 2.45) is 0 Å². The third-order valence-corrected chi connectivity index (χ3v) is 4.21. The smallest absolute Gasteiger partial charge is 0.293 e. The molecule has 0 aromatic rings.